The molecule has 0 saturated carbocycles. The zero-order chi connectivity index (χ0) is 19.6. The van der Waals surface area contributed by atoms with Crippen LogP contribution < -0.4 is 0 Å². The first kappa shape index (κ1) is 23.9. The lowest BCUT2D eigenvalue weighted by atomic mass is 10.0. The molecule has 0 aromatic rings. The van der Waals surface area contributed by atoms with Crippen molar-refractivity contribution in [3.8, 4) is 11.8 Å². The van der Waals surface area contributed by atoms with Gasteiger partial charge < -0.3 is 9.53 Å². The second-order valence-electron chi connectivity index (χ2n) is 6.42. The summed E-state index contributed by atoms with van der Waals surface area (Å²) < 4.78 is 4.90. The highest BCUT2D eigenvalue weighted by atomic mass is 16.5. The van der Waals surface area contributed by atoms with Gasteiger partial charge in [0.25, 0.3) is 0 Å². The molecule has 26 heavy (non-hydrogen) atoms. The summed E-state index contributed by atoms with van der Waals surface area (Å²) in [6.45, 7) is 6.05. The predicted molar refractivity (Wildman–Crippen MR) is 109 cm³/mol. The summed E-state index contributed by atoms with van der Waals surface area (Å²) in [7, 11) is 1.43. The maximum absolute atomic E-state index is 11.9. The number of aldehydes is 1. The molecule has 0 atom stereocenters. The first-order chi connectivity index (χ1) is 12.5. The molecule has 144 valence electrons. The molecule has 3 nitrogen and oxygen atoms in total. The van der Waals surface area contributed by atoms with E-state index in [9.17, 15) is 9.59 Å². The number of unbranched alkanes of at least 4 members (excludes halogenated alkanes) is 2. The van der Waals surface area contributed by atoms with Crippen molar-refractivity contribution in [1.29, 1.82) is 0 Å². The van der Waals surface area contributed by atoms with Gasteiger partial charge >= 0.3 is 5.97 Å². The normalized spacial score (nSPS) is 12.4. The minimum absolute atomic E-state index is 0.239. The molecule has 0 aromatic heterocycles. The molecule has 0 bridgehead atoms. The summed E-state index contributed by atoms with van der Waals surface area (Å²) in [6, 6.07) is 0. The molecular weight excluding hydrogens is 324 g/mol. The Morgan fingerprint density at radius 1 is 0.923 bits per heavy atom. The molecule has 0 fully saturated rings. The number of esters is 1. The molecule has 0 amide bonds. The first-order valence-electron chi connectivity index (χ1n) is 9.47. The van der Waals surface area contributed by atoms with Crippen LogP contribution in [0.15, 0.2) is 34.9 Å². The van der Waals surface area contributed by atoms with Crippen LogP contribution in [0, 0.1) is 11.8 Å². The zero-order valence-electron chi connectivity index (χ0n) is 16.9. The molecule has 0 radical (unpaired) electrons. The molecular formula is C23H34O3. The van der Waals surface area contributed by atoms with Gasteiger partial charge in [0.2, 0.25) is 0 Å². The molecule has 0 unspecified atom stereocenters. The van der Waals surface area contributed by atoms with Crippen molar-refractivity contribution in [1.82, 2.24) is 0 Å². The van der Waals surface area contributed by atoms with Crippen molar-refractivity contribution >= 4 is 12.3 Å². The molecule has 0 rings (SSSR count). The highest BCUT2D eigenvalue weighted by Gasteiger charge is 2.08. The van der Waals surface area contributed by atoms with E-state index in [2.05, 4.69) is 37.8 Å². The summed E-state index contributed by atoms with van der Waals surface area (Å²) in [5.74, 6) is 5.72. The molecule has 0 aliphatic heterocycles. The van der Waals surface area contributed by atoms with Crippen molar-refractivity contribution < 1.29 is 14.3 Å². The van der Waals surface area contributed by atoms with E-state index in [1.165, 1.54) is 18.3 Å². The minimum Gasteiger partial charge on any atom is -0.466 e. The average molecular weight is 359 g/mol. The smallest absolute Gasteiger partial charge is 0.333 e. The Kier molecular flexibility index (Phi) is 15.1. The standard InChI is InChI=1S/C23H34O3/c1-5-6-7-8-13-20(2)15-11-17-22(23(25)26-4)18-12-16-21(3)14-9-10-19-24/h13,16-17,19H,7-12,14-15,18H2,1-4H3/b20-13+,21-16+,22-17+. The van der Waals surface area contributed by atoms with Gasteiger partial charge in [-0.25, -0.2) is 4.79 Å². The molecule has 0 aliphatic carbocycles. The van der Waals surface area contributed by atoms with E-state index in [-0.39, 0.29) is 5.97 Å². The molecule has 0 N–H and O–H groups in total. The van der Waals surface area contributed by atoms with E-state index >= 15 is 0 Å². The van der Waals surface area contributed by atoms with Crippen LogP contribution in [0.2, 0.25) is 0 Å². The molecule has 0 saturated heterocycles. The molecule has 3 heteroatoms. The Balaban J connectivity index is 4.47. The highest BCUT2D eigenvalue weighted by molar-refractivity contribution is 5.88. The van der Waals surface area contributed by atoms with Crippen LogP contribution in [0.25, 0.3) is 0 Å². The van der Waals surface area contributed by atoms with E-state index in [4.69, 9.17) is 4.74 Å². The van der Waals surface area contributed by atoms with Gasteiger partial charge in [-0.3, -0.25) is 0 Å². The maximum Gasteiger partial charge on any atom is 0.333 e. The monoisotopic (exact) mass is 358 g/mol. The van der Waals surface area contributed by atoms with Crippen molar-refractivity contribution in [2.24, 2.45) is 0 Å². The second-order valence-corrected chi connectivity index (χ2v) is 6.42. The number of carbonyl (C=O) groups is 2. The van der Waals surface area contributed by atoms with Gasteiger partial charge in [0.1, 0.15) is 6.29 Å². The lowest BCUT2D eigenvalue weighted by Gasteiger charge is -2.06. The summed E-state index contributed by atoms with van der Waals surface area (Å²) in [5.41, 5.74) is 3.34. The fourth-order valence-electron chi connectivity index (χ4n) is 2.55. The Morgan fingerprint density at radius 3 is 2.23 bits per heavy atom. The van der Waals surface area contributed by atoms with Crippen LogP contribution in [0.3, 0.4) is 0 Å². The van der Waals surface area contributed by atoms with E-state index in [1.807, 2.05) is 13.0 Å². The summed E-state index contributed by atoms with van der Waals surface area (Å²) in [5, 5.41) is 0. The van der Waals surface area contributed by atoms with Gasteiger partial charge in [-0.1, -0.05) is 29.4 Å². The molecule has 0 aliphatic rings. The van der Waals surface area contributed by atoms with Crippen molar-refractivity contribution in [3.63, 3.8) is 0 Å². The maximum atomic E-state index is 11.9. The lowest BCUT2D eigenvalue weighted by Crippen LogP contribution is -2.04. The van der Waals surface area contributed by atoms with Gasteiger partial charge in [-0.15, -0.1) is 11.8 Å². The lowest BCUT2D eigenvalue weighted by molar-refractivity contribution is -0.136. The number of carbonyl (C=O) groups excluding carboxylic acids is 2. The summed E-state index contributed by atoms with van der Waals surface area (Å²) >= 11 is 0. The molecule has 0 spiro atoms. The van der Waals surface area contributed by atoms with Crippen molar-refractivity contribution in [2.75, 3.05) is 7.11 Å². The van der Waals surface area contributed by atoms with Crippen LogP contribution in [0.1, 0.15) is 78.6 Å². The van der Waals surface area contributed by atoms with Crippen LogP contribution in [0.5, 0.6) is 0 Å². The third kappa shape index (κ3) is 13.2. The number of rotatable bonds is 13. The SMILES string of the molecule is CC#CCC/C=C(\C)CC/C=C(\CC/C=C(\C)CCCC=O)C(=O)OC. The van der Waals surface area contributed by atoms with Gasteiger partial charge in [0.15, 0.2) is 0 Å². The number of hydrogen-bond donors (Lipinski definition) is 0. The third-order valence-corrected chi connectivity index (χ3v) is 4.12. The summed E-state index contributed by atoms with van der Waals surface area (Å²) in [4.78, 5) is 22.3. The number of allylic oxidation sites excluding steroid dienone is 5. The van der Waals surface area contributed by atoms with Crippen LogP contribution >= 0.6 is 0 Å². The van der Waals surface area contributed by atoms with Gasteiger partial charge in [-0.05, 0) is 65.7 Å². The largest absolute Gasteiger partial charge is 0.466 e. The molecule has 0 heterocycles. The predicted octanol–water partition coefficient (Wildman–Crippen LogP) is 5.71. The second kappa shape index (κ2) is 16.4. The van der Waals surface area contributed by atoms with Crippen molar-refractivity contribution in [3.05, 3.63) is 34.9 Å². The molecule has 0 aromatic carbocycles. The van der Waals surface area contributed by atoms with E-state index in [0.717, 1.165) is 56.8 Å². The Labute approximate surface area is 159 Å². The van der Waals surface area contributed by atoms with Gasteiger partial charge in [0.05, 0.1) is 7.11 Å². The van der Waals surface area contributed by atoms with Crippen LogP contribution in [0.4, 0.5) is 0 Å². The fourth-order valence-corrected chi connectivity index (χ4v) is 2.55. The average Bonchev–Trinajstić information content (AvgIpc) is 2.63. The topological polar surface area (TPSA) is 43.4 Å². The quantitative estimate of drug-likeness (QED) is 0.106. The minimum atomic E-state index is -0.239. The van der Waals surface area contributed by atoms with E-state index in [0.29, 0.717) is 12.8 Å². The number of ether oxygens (including phenoxy) is 1. The first-order valence-corrected chi connectivity index (χ1v) is 9.47. The Morgan fingerprint density at radius 2 is 1.58 bits per heavy atom. The number of methoxy groups -OCH3 is 1. The van der Waals surface area contributed by atoms with Crippen molar-refractivity contribution in [2.45, 2.75) is 78.6 Å². The Hall–Kier alpha value is -2.08. The van der Waals surface area contributed by atoms with Crippen LogP contribution in [-0.2, 0) is 14.3 Å². The Bertz CT molecular complexity index is 568. The fraction of sp³-hybridized carbons (Fsp3) is 0.565. The van der Waals surface area contributed by atoms with E-state index in [1.54, 1.807) is 0 Å². The zero-order valence-corrected chi connectivity index (χ0v) is 16.9. The van der Waals surface area contributed by atoms with Crippen LogP contribution in [-0.4, -0.2) is 19.4 Å². The van der Waals surface area contributed by atoms with Gasteiger partial charge in [0, 0.05) is 18.4 Å². The highest BCUT2D eigenvalue weighted by Crippen LogP contribution is 2.15. The van der Waals surface area contributed by atoms with E-state index < -0.39 is 0 Å². The number of hydrogen-bond acceptors (Lipinski definition) is 3. The third-order valence-electron chi connectivity index (χ3n) is 4.12. The van der Waals surface area contributed by atoms with Gasteiger partial charge in [-0.2, -0.15) is 0 Å². The summed E-state index contributed by atoms with van der Waals surface area (Å²) in [6.07, 6.45) is 14.9.